The van der Waals surface area contributed by atoms with Gasteiger partial charge in [0.05, 0.1) is 6.10 Å². The Balaban J connectivity index is 1.34. The first-order valence-electron chi connectivity index (χ1n) is 13.8. The number of carbonyl (C=O) groups is 1. The van der Waals surface area contributed by atoms with Crippen molar-refractivity contribution in [2.75, 3.05) is 0 Å². The van der Waals surface area contributed by atoms with Crippen LogP contribution in [0.15, 0.2) is 11.6 Å². The molecule has 1 spiro atoms. The molecular formula is C29H48O3Si. The second kappa shape index (κ2) is 7.45. The number of carbonyl (C=O) groups excluding carboxylic acids is 1. The van der Waals surface area contributed by atoms with Crippen LogP contribution in [0.1, 0.15) is 99.3 Å². The molecule has 186 valence electrons. The summed E-state index contributed by atoms with van der Waals surface area (Å²) in [6, 6.07) is 0. The van der Waals surface area contributed by atoms with Crippen LogP contribution in [-0.4, -0.2) is 26.5 Å². The highest BCUT2D eigenvalue weighted by atomic mass is 28.4. The zero-order valence-electron chi connectivity index (χ0n) is 22.6. The summed E-state index contributed by atoms with van der Waals surface area (Å²) in [4.78, 5) is 11.5. The highest BCUT2D eigenvalue weighted by Crippen LogP contribution is 2.77. The average molecular weight is 473 g/mol. The molecule has 0 heterocycles. The molecule has 5 aliphatic rings. The lowest BCUT2D eigenvalue weighted by Gasteiger charge is -2.58. The molecule has 4 fully saturated rings. The van der Waals surface area contributed by atoms with Gasteiger partial charge in [-0.25, -0.2) is 0 Å². The highest BCUT2D eigenvalue weighted by molar-refractivity contribution is 6.74. The minimum atomic E-state index is -1.72. The van der Waals surface area contributed by atoms with E-state index in [1.54, 1.807) is 12.5 Å². The molecule has 0 bridgehead atoms. The Labute approximate surface area is 203 Å². The molecule has 8 atom stereocenters. The second-order valence-electron chi connectivity index (χ2n) is 14.5. The highest BCUT2D eigenvalue weighted by Gasteiger charge is 2.73. The fourth-order valence-electron chi connectivity index (χ4n) is 8.96. The normalized spacial score (nSPS) is 46.8. The zero-order chi connectivity index (χ0) is 24.0. The summed E-state index contributed by atoms with van der Waals surface area (Å²) in [7, 11) is -1.72. The molecule has 4 heteroatoms. The molecule has 0 aliphatic heterocycles. The lowest BCUT2D eigenvalue weighted by Crippen LogP contribution is -2.51. The van der Waals surface area contributed by atoms with Gasteiger partial charge in [0.15, 0.2) is 8.32 Å². The lowest BCUT2D eigenvalue weighted by atomic mass is 9.47. The van der Waals surface area contributed by atoms with Gasteiger partial charge in [0, 0.05) is 18.8 Å². The fraction of sp³-hybridized carbons (Fsp3) is 0.897. The Kier molecular flexibility index (Phi) is 5.44. The van der Waals surface area contributed by atoms with Crippen molar-refractivity contribution in [3.05, 3.63) is 11.6 Å². The number of allylic oxidation sites excluding steroid dienone is 1. The Morgan fingerprint density at radius 3 is 2.42 bits per heavy atom. The van der Waals surface area contributed by atoms with Gasteiger partial charge in [-0.15, -0.1) is 0 Å². The summed E-state index contributed by atoms with van der Waals surface area (Å²) >= 11 is 0. The summed E-state index contributed by atoms with van der Waals surface area (Å²) in [5.74, 6) is 2.37. The Morgan fingerprint density at radius 1 is 1.06 bits per heavy atom. The number of esters is 1. The molecule has 0 unspecified atom stereocenters. The standard InChI is InChI=1S/C29H48O3Si/c1-19(30)31-21-11-14-27(5)20(17-21)9-10-22-23(27)12-15-28(6)24(22)13-16-29(28)18-25(29)32-33(7,8)26(2,3)4/h9,21-25H,10-18H2,1-8H3/t21-,22+,23-,24-,25+,27-,28-,29-/m0/s1. The molecule has 0 N–H and O–H groups in total. The van der Waals surface area contributed by atoms with E-state index in [0.29, 0.717) is 22.3 Å². The molecule has 0 aromatic carbocycles. The van der Waals surface area contributed by atoms with Gasteiger partial charge in [0.1, 0.15) is 6.10 Å². The summed E-state index contributed by atoms with van der Waals surface area (Å²) in [6.07, 6.45) is 14.5. The SMILES string of the molecule is CC(=O)O[C@H]1CC[C@@]2(C)C(=CC[C@@H]3[C@@H]2CC[C@@]2(C)[C@H]3CC[C@@]23C[C@H]3O[Si](C)(C)C(C)(C)C)C1. The van der Waals surface area contributed by atoms with Crippen LogP contribution in [0.3, 0.4) is 0 Å². The largest absolute Gasteiger partial charge is 0.462 e. The van der Waals surface area contributed by atoms with Crippen molar-refractivity contribution in [3.8, 4) is 0 Å². The molecule has 5 aliphatic carbocycles. The third-order valence-electron chi connectivity index (χ3n) is 12.1. The quantitative estimate of drug-likeness (QED) is 0.240. The first-order chi connectivity index (χ1) is 15.2. The maximum atomic E-state index is 11.5. The van der Waals surface area contributed by atoms with Gasteiger partial charge in [-0.1, -0.05) is 46.3 Å². The van der Waals surface area contributed by atoms with E-state index in [-0.39, 0.29) is 17.1 Å². The minimum Gasteiger partial charge on any atom is -0.462 e. The van der Waals surface area contributed by atoms with Crippen LogP contribution in [0.4, 0.5) is 0 Å². The molecule has 0 aromatic rings. The van der Waals surface area contributed by atoms with E-state index in [2.05, 4.69) is 53.8 Å². The summed E-state index contributed by atoms with van der Waals surface area (Å²) in [6.45, 7) is 18.8. The van der Waals surface area contributed by atoms with Gasteiger partial charge < -0.3 is 9.16 Å². The van der Waals surface area contributed by atoms with Crippen LogP contribution >= 0.6 is 0 Å². The Bertz CT molecular complexity index is 855. The van der Waals surface area contributed by atoms with Crippen molar-refractivity contribution in [1.29, 1.82) is 0 Å². The number of hydrogen-bond donors (Lipinski definition) is 0. The maximum Gasteiger partial charge on any atom is 0.302 e. The van der Waals surface area contributed by atoms with Crippen LogP contribution < -0.4 is 0 Å². The van der Waals surface area contributed by atoms with Crippen molar-refractivity contribution >= 4 is 14.3 Å². The predicted molar refractivity (Wildman–Crippen MR) is 136 cm³/mol. The third-order valence-corrected chi connectivity index (χ3v) is 16.6. The van der Waals surface area contributed by atoms with Gasteiger partial charge in [0.25, 0.3) is 0 Å². The summed E-state index contributed by atoms with van der Waals surface area (Å²) in [5.41, 5.74) is 2.83. The van der Waals surface area contributed by atoms with Crippen molar-refractivity contribution in [3.63, 3.8) is 0 Å². The van der Waals surface area contributed by atoms with Crippen LogP contribution in [-0.2, 0) is 14.0 Å². The van der Waals surface area contributed by atoms with Crippen LogP contribution in [0.25, 0.3) is 0 Å². The minimum absolute atomic E-state index is 0.0988. The van der Waals surface area contributed by atoms with Gasteiger partial charge >= 0.3 is 5.97 Å². The maximum absolute atomic E-state index is 11.5. The van der Waals surface area contributed by atoms with Crippen molar-refractivity contribution in [2.45, 2.75) is 130 Å². The van der Waals surface area contributed by atoms with Crippen LogP contribution in [0, 0.1) is 34.0 Å². The first-order valence-corrected chi connectivity index (χ1v) is 16.7. The Hall–Kier alpha value is -0.613. The van der Waals surface area contributed by atoms with Crippen molar-refractivity contribution in [1.82, 2.24) is 0 Å². The average Bonchev–Trinajstić information content (AvgIpc) is 3.30. The molecule has 0 radical (unpaired) electrons. The summed E-state index contributed by atoms with van der Waals surface area (Å²) < 4.78 is 12.7. The molecule has 5 rings (SSSR count). The molecule has 0 saturated heterocycles. The summed E-state index contributed by atoms with van der Waals surface area (Å²) in [5, 5.41) is 0.289. The van der Waals surface area contributed by atoms with Gasteiger partial charge in [-0.05, 0) is 98.1 Å². The monoisotopic (exact) mass is 472 g/mol. The van der Waals surface area contributed by atoms with Gasteiger partial charge in [-0.3, -0.25) is 4.79 Å². The lowest BCUT2D eigenvalue weighted by molar-refractivity contribution is -0.148. The van der Waals surface area contributed by atoms with E-state index in [4.69, 9.17) is 9.16 Å². The molecule has 4 saturated carbocycles. The molecule has 3 nitrogen and oxygen atoms in total. The van der Waals surface area contributed by atoms with E-state index in [9.17, 15) is 4.79 Å². The molecular weight excluding hydrogens is 424 g/mol. The first kappa shape index (κ1) is 24.1. The number of rotatable bonds is 3. The zero-order valence-corrected chi connectivity index (χ0v) is 23.6. The Morgan fingerprint density at radius 2 is 1.76 bits per heavy atom. The van der Waals surface area contributed by atoms with Crippen LogP contribution in [0.5, 0.6) is 0 Å². The fourth-order valence-corrected chi connectivity index (χ4v) is 10.3. The topological polar surface area (TPSA) is 35.5 Å². The van der Waals surface area contributed by atoms with E-state index < -0.39 is 8.32 Å². The number of fused-ring (bicyclic) bond motifs is 6. The van der Waals surface area contributed by atoms with E-state index in [0.717, 1.165) is 30.6 Å². The third kappa shape index (κ3) is 3.47. The van der Waals surface area contributed by atoms with E-state index in [1.807, 2.05) is 0 Å². The predicted octanol–water partition coefficient (Wildman–Crippen LogP) is 7.66. The molecule has 33 heavy (non-hydrogen) atoms. The van der Waals surface area contributed by atoms with E-state index in [1.165, 1.54) is 44.9 Å². The molecule has 0 amide bonds. The smallest absolute Gasteiger partial charge is 0.302 e. The van der Waals surface area contributed by atoms with Gasteiger partial charge in [-0.2, -0.15) is 0 Å². The van der Waals surface area contributed by atoms with Crippen LogP contribution in [0.2, 0.25) is 18.1 Å². The molecule has 0 aromatic heterocycles. The van der Waals surface area contributed by atoms with Crippen molar-refractivity contribution in [2.24, 2.45) is 34.0 Å². The second-order valence-corrected chi connectivity index (χ2v) is 19.2. The number of hydrogen-bond acceptors (Lipinski definition) is 3. The number of ether oxygens (including phenoxy) is 1. The van der Waals surface area contributed by atoms with Gasteiger partial charge in [0.2, 0.25) is 0 Å². The van der Waals surface area contributed by atoms with E-state index >= 15 is 0 Å². The van der Waals surface area contributed by atoms with Crippen molar-refractivity contribution < 1.29 is 14.0 Å².